The first-order valence-electron chi connectivity index (χ1n) is 10.3. The second-order valence-corrected chi connectivity index (χ2v) is 7.18. The molecule has 0 unspecified atom stereocenters. The molecule has 0 aliphatic heterocycles. The molecule has 2 N–H and O–H groups in total. The third kappa shape index (κ3) is 6.94. The van der Waals surface area contributed by atoms with Gasteiger partial charge in [-0.2, -0.15) is 0 Å². The van der Waals surface area contributed by atoms with Crippen LogP contribution in [0.2, 0.25) is 0 Å². The summed E-state index contributed by atoms with van der Waals surface area (Å²) in [6.45, 7) is 0.850. The Labute approximate surface area is 194 Å². The van der Waals surface area contributed by atoms with Crippen LogP contribution in [0.5, 0.6) is 5.75 Å². The molecule has 0 saturated carbocycles. The molecule has 3 rings (SSSR count). The van der Waals surface area contributed by atoms with E-state index in [1.165, 1.54) is 30.4 Å². The van der Waals surface area contributed by atoms with Crippen molar-refractivity contribution >= 4 is 29.8 Å². The highest BCUT2D eigenvalue weighted by Gasteiger charge is 2.12. The van der Waals surface area contributed by atoms with E-state index in [0.29, 0.717) is 30.9 Å². The lowest BCUT2D eigenvalue weighted by molar-refractivity contribution is 0.0696. The lowest BCUT2D eigenvalue weighted by atomic mass is 10.1. The van der Waals surface area contributed by atoms with Gasteiger partial charge in [0.1, 0.15) is 23.2 Å². The van der Waals surface area contributed by atoms with Gasteiger partial charge >= 0.3 is 5.97 Å². The number of carboxylic acids is 1. The summed E-state index contributed by atoms with van der Waals surface area (Å²) in [6.07, 6.45) is 4.70. The van der Waals surface area contributed by atoms with E-state index < -0.39 is 23.5 Å². The zero-order chi connectivity index (χ0) is 24.5. The SMILES string of the molecule is COCCCOc1cc(/C=C/c2cc(F)ccc2F)cc(C(=O)Nc2ccc(C(=O)O)cn2)c1. The van der Waals surface area contributed by atoms with Crippen molar-refractivity contribution in [2.24, 2.45) is 0 Å². The molecule has 0 radical (unpaired) electrons. The first kappa shape index (κ1) is 24.5. The Kier molecular flexibility index (Phi) is 8.42. The zero-order valence-corrected chi connectivity index (χ0v) is 18.3. The predicted molar refractivity (Wildman–Crippen MR) is 123 cm³/mol. The Hall–Kier alpha value is -4.11. The van der Waals surface area contributed by atoms with Crippen molar-refractivity contribution in [3.05, 3.63) is 88.6 Å². The van der Waals surface area contributed by atoms with E-state index in [1.807, 2.05) is 0 Å². The van der Waals surface area contributed by atoms with Crippen LogP contribution in [-0.4, -0.2) is 42.3 Å². The number of ether oxygens (including phenoxy) is 2. The first-order valence-corrected chi connectivity index (χ1v) is 10.3. The Morgan fingerprint density at radius 1 is 1.03 bits per heavy atom. The van der Waals surface area contributed by atoms with Crippen LogP contribution in [0.25, 0.3) is 12.2 Å². The summed E-state index contributed by atoms with van der Waals surface area (Å²) < 4.78 is 38.1. The van der Waals surface area contributed by atoms with E-state index in [9.17, 15) is 18.4 Å². The highest BCUT2D eigenvalue weighted by Crippen LogP contribution is 2.22. The standard InChI is InChI=1S/C25H22F2N2O5/c1-33-9-2-10-34-21-12-16(3-4-17-13-20(26)6-7-22(17)27)11-19(14-21)24(30)29-23-8-5-18(15-28-23)25(31)32/h3-8,11-15H,2,9-10H2,1H3,(H,31,32)(H,28,29,30)/b4-3+. The lowest BCUT2D eigenvalue weighted by Crippen LogP contribution is -2.14. The Balaban J connectivity index is 1.85. The molecule has 34 heavy (non-hydrogen) atoms. The van der Waals surface area contributed by atoms with Gasteiger partial charge in [0.25, 0.3) is 5.91 Å². The molecule has 3 aromatic rings. The van der Waals surface area contributed by atoms with Crippen molar-refractivity contribution in [1.82, 2.24) is 4.98 Å². The summed E-state index contributed by atoms with van der Waals surface area (Å²) in [5.74, 6) is -2.23. The average Bonchev–Trinajstić information content (AvgIpc) is 2.82. The number of methoxy groups -OCH3 is 1. The molecule has 7 nitrogen and oxygen atoms in total. The number of hydrogen-bond acceptors (Lipinski definition) is 5. The highest BCUT2D eigenvalue weighted by molar-refractivity contribution is 6.04. The number of aromatic nitrogens is 1. The van der Waals surface area contributed by atoms with Gasteiger partial charge in [-0.3, -0.25) is 4.79 Å². The zero-order valence-electron chi connectivity index (χ0n) is 18.3. The summed E-state index contributed by atoms with van der Waals surface area (Å²) in [6, 6.07) is 10.6. The Bertz CT molecular complexity index is 1200. The molecular weight excluding hydrogens is 446 g/mol. The largest absolute Gasteiger partial charge is 0.493 e. The number of pyridine rings is 1. The van der Waals surface area contributed by atoms with Crippen LogP contribution in [-0.2, 0) is 4.74 Å². The van der Waals surface area contributed by atoms with Crippen LogP contribution in [0.3, 0.4) is 0 Å². The van der Waals surface area contributed by atoms with Crippen LogP contribution in [0, 0.1) is 11.6 Å². The number of benzene rings is 2. The van der Waals surface area contributed by atoms with Crippen LogP contribution in [0.15, 0.2) is 54.7 Å². The number of aromatic carboxylic acids is 1. The maximum absolute atomic E-state index is 14.0. The summed E-state index contributed by atoms with van der Waals surface area (Å²) in [5, 5.41) is 11.6. The van der Waals surface area contributed by atoms with Crippen molar-refractivity contribution in [1.29, 1.82) is 0 Å². The molecule has 0 fully saturated rings. The van der Waals surface area contributed by atoms with Gasteiger partial charge in [0.05, 0.1) is 12.2 Å². The normalized spacial score (nSPS) is 10.9. The average molecular weight is 468 g/mol. The van der Waals surface area contributed by atoms with Crippen molar-refractivity contribution in [3.8, 4) is 5.75 Å². The number of hydrogen-bond donors (Lipinski definition) is 2. The van der Waals surface area contributed by atoms with Gasteiger partial charge in [0.2, 0.25) is 0 Å². The number of nitrogens with zero attached hydrogens (tertiary/aromatic N) is 1. The smallest absolute Gasteiger partial charge is 0.337 e. The minimum Gasteiger partial charge on any atom is -0.493 e. The van der Waals surface area contributed by atoms with Crippen LogP contribution >= 0.6 is 0 Å². The fraction of sp³-hybridized carbons (Fsp3) is 0.160. The van der Waals surface area contributed by atoms with Gasteiger partial charge in [0.15, 0.2) is 0 Å². The molecule has 0 aliphatic rings. The molecule has 1 heterocycles. The number of nitrogens with one attached hydrogen (secondary N) is 1. The van der Waals surface area contributed by atoms with Crippen LogP contribution in [0.4, 0.5) is 14.6 Å². The molecule has 1 aromatic heterocycles. The maximum Gasteiger partial charge on any atom is 0.337 e. The number of carbonyl (C=O) groups excluding carboxylic acids is 1. The quantitative estimate of drug-likeness (QED) is 0.325. The molecule has 0 saturated heterocycles. The number of carbonyl (C=O) groups is 2. The van der Waals surface area contributed by atoms with E-state index in [0.717, 1.165) is 24.4 Å². The lowest BCUT2D eigenvalue weighted by Gasteiger charge is -2.10. The van der Waals surface area contributed by atoms with E-state index in [4.69, 9.17) is 14.6 Å². The second kappa shape index (κ2) is 11.7. The topological polar surface area (TPSA) is 97.8 Å². The molecule has 0 aliphatic carbocycles. The highest BCUT2D eigenvalue weighted by atomic mass is 19.1. The molecule has 9 heteroatoms. The molecule has 0 spiro atoms. The molecule has 2 aromatic carbocycles. The van der Waals surface area contributed by atoms with Gasteiger partial charge in [-0.05, 0) is 54.1 Å². The number of amides is 1. The summed E-state index contributed by atoms with van der Waals surface area (Å²) in [5.41, 5.74) is 0.793. The van der Waals surface area contributed by atoms with Crippen LogP contribution in [0.1, 0.15) is 38.3 Å². The summed E-state index contributed by atoms with van der Waals surface area (Å²) in [4.78, 5) is 27.7. The molecule has 0 bridgehead atoms. The summed E-state index contributed by atoms with van der Waals surface area (Å²) in [7, 11) is 1.58. The van der Waals surface area contributed by atoms with Gasteiger partial charge in [-0.25, -0.2) is 18.6 Å². The van der Waals surface area contributed by atoms with Crippen molar-refractivity contribution in [3.63, 3.8) is 0 Å². The maximum atomic E-state index is 14.0. The van der Waals surface area contributed by atoms with Crippen LogP contribution < -0.4 is 10.1 Å². The monoisotopic (exact) mass is 468 g/mol. The fourth-order valence-electron chi connectivity index (χ4n) is 2.94. The third-order valence-electron chi connectivity index (χ3n) is 4.62. The van der Waals surface area contributed by atoms with E-state index >= 15 is 0 Å². The second-order valence-electron chi connectivity index (χ2n) is 7.18. The first-order chi connectivity index (χ1) is 16.4. The molecule has 0 atom stereocenters. The van der Waals surface area contributed by atoms with Crippen molar-refractivity contribution in [2.45, 2.75) is 6.42 Å². The number of rotatable bonds is 10. The number of anilines is 1. The minimum absolute atomic E-state index is 0.0125. The molecule has 1 amide bonds. The third-order valence-corrected chi connectivity index (χ3v) is 4.62. The van der Waals surface area contributed by atoms with Gasteiger partial charge in [-0.15, -0.1) is 0 Å². The number of halogens is 2. The van der Waals surface area contributed by atoms with Crippen molar-refractivity contribution in [2.75, 3.05) is 25.6 Å². The summed E-state index contributed by atoms with van der Waals surface area (Å²) >= 11 is 0. The Morgan fingerprint density at radius 2 is 1.85 bits per heavy atom. The van der Waals surface area contributed by atoms with Gasteiger partial charge < -0.3 is 19.9 Å². The van der Waals surface area contributed by atoms with Gasteiger partial charge in [0, 0.05) is 37.5 Å². The Morgan fingerprint density at radius 3 is 2.56 bits per heavy atom. The van der Waals surface area contributed by atoms with E-state index in [-0.39, 0.29) is 22.5 Å². The van der Waals surface area contributed by atoms with Gasteiger partial charge in [-0.1, -0.05) is 12.2 Å². The van der Waals surface area contributed by atoms with E-state index in [1.54, 1.807) is 19.2 Å². The molecular formula is C25H22F2N2O5. The molecule has 176 valence electrons. The predicted octanol–water partition coefficient (Wildman–Crippen LogP) is 4.90. The minimum atomic E-state index is -1.13. The van der Waals surface area contributed by atoms with Crippen molar-refractivity contribution < 1.29 is 33.0 Å². The van der Waals surface area contributed by atoms with E-state index in [2.05, 4.69) is 10.3 Å². The number of carboxylic acid groups (broad SMARTS) is 1. The fourth-order valence-corrected chi connectivity index (χ4v) is 2.94.